The van der Waals surface area contributed by atoms with Gasteiger partial charge in [-0.25, -0.2) is 0 Å². The minimum atomic E-state index is -0.701. The minimum absolute atomic E-state index is 0.105. The largest absolute Gasteiger partial charge is 0.334 e. The van der Waals surface area contributed by atoms with Gasteiger partial charge in [-0.05, 0) is 107 Å². The van der Waals surface area contributed by atoms with Gasteiger partial charge in [0.25, 0.3) is 0 Å². The van der Waals surface area contributed by atoms with Crippen LogP contribution in [0.25, 0.3) is 38.6 Å². The van der Waals surface area contributed by atoms with Crippen molar-refractivity contribution in [3.8, 4) is 16.8 Å². The van der Waals surface area contributed by atoms with Crippen LogP contribution in [-0.4, -0.2) is 10.6 Å². The molecular formula is C61H45N3. The molecule has 0 saturated carbocycles. The molecule has 1 heterocycles. The molecule has 0 spiro atoms. The summed E-state index contributed by atoms with van der Waals surface area (Å²) in [6.07, 6.45) is 9.90. The summed E-state index contributed by atoms with van der Waals surface area (Å²) in [5.74, 6) is 0. The molecule has 2 aliphatic carbocycles. The Kier molecular flexibility index (Phi) is 9.19. The molecule has 0 saturated heterocycles. The molecule has 0 aliphatic heterocycles. The van der Waals surface area contributed by atoms with E-state index in [-0.39, 0.29) is 6.04 Å². The molecule has 1 aromatic heterocycles. The van der Waals surface area contributed by atoms with E-state index < -0.39 is 5.41 Å². The van der Waals surface area contributed by atoms with Crippen LogP contribution >= 0.6 is 0 Å². The Balaban J connectivity index is 1.24. The summed E-state index contributed by atoms with van der Waals surface area (Å²) in [6.45, 7) is 0. The number of para-hydroxylation sites is 5. The van der Waals surface area contributed by atoms with E-state index in [2.05, 4.69) is 269 Å². The zero-order valence-electron chi connectivity index (χ0n) is 35.4. The van der Waals surface area contributed by atoms with E-state index in [1.165, 1.54) is 55.2 Å². The Morgan fingerprint density at radius 3 is 1.72 bits per heavy atom. The third-order valence-corrected chi connectivity index (χ3v) is 13.3. The van der Waals surface area contributed by atoms with Gasteiger partial charge in [-0.1, -0.05) is 182 Å². The maximum atomic E-state index is 2.55. The van der Waals surface area contributed by atoms with E-state index in [1.807, 2.05) is 0 Å². The van der Waals surface area contributed by atoms with Gasteiger partial charge in [0.05, 0.1) is 28.2 Å². The lowest BCUT2D eigenvalue weighted by molar-refractivity contribution is 0.761. The van der Waals surface area contributed by atoms with Crippen LogP contribution in [0.4, 0.5) is 28.4 Å². The van der Waals surface area contributed by atoms with Crippen molar-refractivity contribution in [1.82, 2.24) is 4.57 Å². The maximum Gasteiger partial charge on any atom is 0.0715 e. The van der Waals surface area contributed by atoms with Gasteiger partial charge in [0.15, 0.2) is 0 Å². The van der Waals surface area contributed by atoms with Crippen LogP contribution in [0.15, 0.2) is 255 Å². The average Bonchev–Trinajstić information content (AvgIpc) is 3.86. The quantitative estimate of drug-likeness (QED) is 0.144. The van der Waals surface area contributed by atoms with E-state index in [1.54, 1.807) is 0 Å². The Morgan fingerprint density at radius 1 is 0.438 bits per heavy atom. The fourth-order valence-corrected chi connectivity index (χ4v) is 10.7. The fourth-order valence-electron chi connectivity index (χ4n) is 10.7. The van der Waals surface area contributed by atoms with Gasteiger partial charge in [-0.15, -0.1) is 0 Å². The number of fused-ring (bicyclic) bond motifs is 6. The molecule has 304 valence electrons. The predicted octanol–water partition coefficient (Wildman–Crippen LogP) is 15.6. The average molecular weight is 820 g/mol. The summed E-state index contributed by atoms with van der Waals surface area (Å²) >= 11 is 0. The van der Waals surface area contributed by atoms with Crippen molar-refractivity contribution in [2.75, 3.05) is 9.80 Å². The van der Waals surface area contributed by atoms with E-state index >= 15 is 0 Å². The highest BCUT2D eigenvalue weighted by Gasteiger charge is 2.48. The van der Waals surface area contributed by atoms with Crippen LogP contribution < -0.4 is 9.80 Å². The third-order valence-electron chi connectivity index (χ3n) is 13.3. The molecule has 64 heavy (non-hydrogen) atoms. The number of benzene rings is 9. The lowest BCUT2D eigenvalue weighted by Crippen LogP contribution is -2.32. The van der Waals surface area contributed by atoms with Gasteiger partial charge < -0.3 is 14.4 Å². The van der Waals surface area contributed by atoms with E-state index in [0.717, 1.165) is 40.5 Å². The number of allylic oxidation sites excluding steroid dienone is 2. The van der Waals surface area contributed by atoms with Gasteiger partial charge in [-0.2, -0.15) is 0 Å². The molecule has 0 bridgehead atoms. The number of hydrogen-bond donors (Lipinski definition) is 0. The highest BCUT2D eigenvalue weighted by Crippen LogP contribution is 2.61. The molecule has 0 amide bonds. The first-order valence-corrected chi connectivity index (χ1v) is 22.3. The molecule has 9 aromatic carbocycles. The first kappa shape index (κ1) is 37.6. The lowest BCUT2D eigenvalue weighted by Gasteiger charge is -2.38. The number of anilines is 5. The zero-order valence-corrected chi connectivity index (χ0v) is 35.4. The van der Waals surface area contributed by atoms with Crippen molar-refractivity contribution in [3.05, 3.63) is 277 Å². The topological polar surface area (TPSA) is 11.4 Å². The number of rotatable bonds is 9. The summed E-state index contributed by atoms with van der Waals surface area (Å²) in [7, 11) is 0. The summed E-state index contributed by atoms with van der Waals surface area (Å²) < 4.78 is 2.45. The van der Waals surface area contributed by atoms with Gasteiger partial charge in [0, 0.05) is 44.8 Å². The second-order valence-corrected chi connectivity index (χ2v) is 16.8. The molecule has 2 aliphatic rings. The molecule has 0 N–H and O–H groups in total. The highest BCUT2D eigenvalue weighted by molar-refractivity contribution is 6.10. The predicted molar refractivity (Wildman–Crippen MR) is 268 cm³/mol. The molecule has 0 radical (unpaired) electrons. The van der Waals surface area contributed by atoms with E-state index in [0.29, 0.717) is 0 Å². The smallest absolute Gasteiger partial charge is 0.0715 e. The van der Waals surface area contributed by atoms with Crippen LogP contribution in [-0.2, 0) is 5.41 Å². The van der Waals surface area contributed by atoms with Crippen molar-refractivity contribution in [1.29, 1.82) is 0 Å². The Hall–Kier alpha value is -8.14. The Bertz CT molecular complexity index is 3310. The molecule has 0 fully saturated rings. The van der Waals surface area contributed by atoms with Crippen molar-refractivity contribution in [2.24, 2.45) is 0 Å². The van der Waals surface area contributed by atoms with Crippen molar-refractivity contribution in [2.45, 2.75) is 17.9 Å². The second kappa shape index (κ2) is 15.6. The number of aromatic nitrogens is 1. The first-order chi connectivity index (χ1) is 31.8. The summed E-state index contributed by atoms with van der Waals surface area (Å²) in [5.41, 5.74) is 15.9. The summed E-state index contributed by atoms with van der Waals surface area (Å²) in [6, 6.07) is 85.0. The standard InChI is InChI=1S/C61H45N3/c1-7-23-44(24-8-1)61(45-39-40-53-52-35-20-22-38-57(52)64(58(53)41-45)50-33-17-6-18-34-50)55-37-21-19-36-54(55)60-56(61)42-51(62(46-25-9-2-10-26-46)47-27-11-3-12-28-47)43-59(60)63(48-29-13-4-14-30-48)49-31-15-5-16-32-49/h1-27,29-43,47H,28H2. The van der Waals surface area contributed by atoms with E-state index in [9.17, 15) is 0 Å². The molecule has 12 rings (SSSR count). The lowest BCUT2D eigenvalue weighted by atomic mass is 9.67. The Morgan fingerprint density at radius 2 is 1.03 bits per heavy atom. The van der Waals surface area contributed by atoms with E-state index in [4.69, 9.17) is 0 Å². The van der Waals surface area contributed by atoms with Crippen LogP contribution in [0.3, 0.4) is 0 Å². The second-order valence-electron chi connectivity index (χ2n) is 16.8. The third kappa shape index (κ3) is 5.96. The molecule has 3 nitrogen and oxygen atoms in total. The van der Waals surface area contributed by atoms with Crippen LogP contribution in [0, 0.1) is 0 Å². The monoisotopic (exact) mass is 819 g/mol. The number of nitrogens with zero attached hydrogens (tertiary/aromatic N) is 3. The van der Waals surface area contributed by atoms with Gasteiger partial charge in [0.2, 0.25) is 0 Å². The molecule has 2 unspecified atom stereocenters. The molecule has 2 atom stereocenters. The zero-order chi connectivity index (χ0) is 42.5. The summed E-state index contributed by atoms with van der Waals surface area (Å²) in [5, 5.41) is 2.48. The van der Waals surface area contributed by atoms with Crippen molar-refractivity contribution < 1.29 is 0 Å². The molecular weight excluding hydrogens is 775 g/mol. The van der Waals surface area contributed by atoms with Crippen LogP contribution in [0.5, 0.6) is 0 Å². The SMILES string of the molecule is C1=CCC(N(c2ccccc2)c2cc(N(c3ccccc3)c3ccccc3)c3c(c2)C(c2ccccc2)(c2ccc4c5ccccc5n(-c5ccccc5)c4c2)c2ccccc2-3)C=C1. The van der Waals surface area contributed by atoms with Crippen molar-refractivity contribution in [3.63, 3.8) is 0 Å². The van der Waals surface area contributed by atoms with Gasteiger partial charge in [-0.3, -0.25) is 0 Å². The number of hydrogen-bond acceptors (Lipinski definition) is 2. The minimum Gasteiger partial charge on any atom is -0.334 e. The summed E-state index contributed by atoms with van der Waals surface area (Å²) in [4.78, 5) is 5.02. The van der Waals surface area contributed by atoms with Gasteiger partial charge in [0.1, 0.15) is 0 Å². The van der Waals surface area contributed by atoms with Gasteiger partial charge >= 0.3 is 0 Å². The van der Waals surface area contributed by atoms with Crippen LogP contribution in [0.1, 0.15) is 28.7 Å². The molecule has 10 aromatic rings. The van der Waals surface area contributed by atoms with Crippen molar-refractivity contribution >= 4 is 50.2 Å². The highest BCUT2D eigenvalue weighted by atomic mass is 15.2. The fraction of sp³-hybridized carbons (Fsp3) is 0.0492. The normalized spacial score (nSPS) is 16.2. The molecule has 3 heteroatoms. The van der Waals surface area contributed by atoms with Crippen LogP contribution in [0.2, 0.25) is 0 Å². The Labute approximate surface area is 374 Å². The first-order valence-electron chi connectivity index (χ1n) is 22.3. The maximum absolute atomic E-state index is 2.55.